The fourth-order valence-electron chi connectivity index (χ4n) is 3.07. The predicted octanol–water partition coefficient (Wildman–Crippen LogP) is 5.27. The Morgan fingerprint density at radius 1 is 1.13 bits per heavy atom. The van der Waals surface area contributed by atoms with E-state index in [1.165, 1.54) is 22.0 Å². The summed E-state index contributed by atoms with van der Waals surface area (Å²) in [4.78, 5) is 28.7. The van der Waals surface area contributed by atoms with Crippen molar-refractivity contribution in [1.82, 2.24) is 19.9 Å². The van der Waals surface area contributed by atoms with Crippen LogP contribution >= 0.6 is 23.1 Å². The van der Waals surface area contributed by atoms with Gasteiger partial charge in [-0.2, -0.15) is 0 Å². The number of fused-ring (bicyclic) bond motifs is 2. The first kappa shape index (κ1) is 18.8. The van der Waals surface area contributed by atoms with Crippen molar-refractivity contribution in [2.45, 2.75) is 12.1 Å². The van der Waals surface area contributed by atoms with Crippen LogP contribution in [-0.4, -0.2) is 31.6 Å². The standard InChI is InChI=1S/C22H17N5OS2/c1-13-4-9-16-18(11-13)30-21(25-16)14-5-7-15(8-6-14)24-19(28)12-29-22-26-17-3-2-10-23-20(17)27-22/h2-11H,12H2,1H3,(H,24,28)(H,23,26,27). The number of aryl methyl sites for hydroxylation is 1. The van der Waals surface area contributed by atoms with Gasteiger partial charge in [-0.1, -0.05) is 17.8 Å². The van der Waals surface area contributed by atoms with Crippen molar-refractivity contribution >= 4 is 56.1 Å². The summed E-state index contributed by atoms with van der Waals surface area (Å²) >= 11 is 3.02. The first-order valence-corrected chi connectivity index (χ1v) is 11.2. The summed E-state index contributed by atoms with van der Waals surface area (Å²) in [6, 6.07) is 17.8. The quantitative estimate of drug-likeness (QED) is 0.370. The lowest BCUT2D eigenvalue weighted by Crippen LogP contribution is -2.14. The number of nitrogens with one attached hydrogen (secondary N) is 2. The zero-order valence-corrected chi connectivity index (χ0v) is 17.7. The SMILES string of the molecule is Cc1ccc2nc(-c3ccc(NC(=O)CSc4nc5ncccc5[nH]4)cc3)sc2c1. The molecule has 2 N–H and O–H groups in total. The van der Waals surface area contributed by atoms with E-state index in [0.29, 0.717) is 10.8 Å². The third-order valence-corrected chi connectivity index (χ3v) is 6.48. The van der Waals surface area contributed by atoms with Gasteiger partial charge >= 0.3 is 0 Å². The maximum Gasteiger partial charge on any atom is 0.234 e. The first-order chi connectivity index (χ1) is 14.6. The minimum Gasteiger partial charge on any atom is -0.332 e. The van der Waals surface area contributed by atoms with Crippen LogP contribution in [0.1, 0.15) is 5.56 Å². The van der Waals surface area contributed by atoms with Crippen molar-refractivity contribution in [1.29, 1.82) is 0 Å². The van der Waals surface area contributed by atoms with E-state index >= 15 is 0 Å². The number of imidazole rings is 1. The number of thiazole rings is 1. The average Bonchev–Trinajstić information content (AvgIpc) is 3.36. The fourth-order valence-corrected chi connectivity index (χ4v) is 4.82. The molecule has 30 heavy (non-hydrogen) atoms. The maximum absolute atomic E-state index is 12.3. The van der Waals surface area contributed by atoms with Gasteiger partial charge in [-0.25, -0.2) is 15.0 Å². The van der Waals surface area contributed by atoms with Gasteiger partial charge in [-0.05, 0) is 61.0 Å². The van der Waals surface area contributed by atoms with Gasteiger partial charge in [0, 0.05) is 17.4 Å². The number of nitrogens with zero attached hydrogens (tertiary/aromatic N) is 3. The van der Waals surface area contributed by atoms with Crippen LogP contribution in [0.4, 0.5) is 5.69 Å². The number of amides is 1. The Hall–Kier alpha value is -3.23. The fraction of sp³-hybridized carbons (Fsp3) is 0.0909. The summed E-state index contributed by atoms with van der Waals surface area (Å²) in [5, 5.41) is 4.58. The number of hydrogen-bond donors (Lipinski definition) is 2. The second kappa shape index (κ2) is 7.89. The van der Waals surface area contributed by atoms with Crippen molar-refractivity contribution < 1.29 is 4.79 Å². The maximum atomic E-state index is 12.3. The number of aromatic amines is 1. The van der Waals surface area contributed by atoms with Crippen molar-refractivity contribution in [3.63, 3.8) is 0 Å². The summed E-state index contributed by atoms with van der Waals surface area (Å²) in [7, 11) is 0. The summed E-state index contributed by atoms with van der Waals surface area (Å²) in [6.45, 7) is 2.08. The molecule has 1 amide bonds. The summed E-state index contributed by atoms with van der Waals surface area (Å²) < 4.78 is 1.18. The summed E-state index contributed by atoms with van der Waals surface area (Å²) in [6.07, 6.45) is 1.70. The molecule has 6 nitrogen and oxygen atoms in total. The van der Waals surface area contributed by atoms with Crippen molar-refractivity contribution in [2.24, 2.45) is 0 Å². The Labute approximate surface area is 180 Å². The third-order valence-electron chi connectivity index (χ3n) is 4.54. The van der Waals surface area contributed by atoms with E-state index < -0.39 is 0 Å². The normalized spacial score (nSPS) is 11.2. The molecule has 0 aliphatic rings. The molecule has 0 unspecified atom stereocenters. The van der Waals surface area contributed by atoms with E-state index in [-0.39, 0.29) is 11.7 Å². The molecule has 148 valence electrons. The molecule has 0 atom stereocenters. The minimum absolute atomic E-state index is 0.0865. The predicted molar refractivity (Wildman–Crippen MR) is 123 cm³/mol. The molecule has 8 heteroatoms. The molecule has 0 aliphatic heterocycles. The van der Waals surface area contributed by atoms with Crippen molar-refractivity contribution in [3.8, 4) is 10.6 Å². The lowest BCUT2D eigenvalue weighted by atomic mass is 10.2. The summed E-state index contributed by atoms with van der Waals surface area (Å²) in [5.74, 6) is 0.176. The van der Waals surface area contributed by atoms with E-state index in [2.05, 4.69) is 45.4 Å². The molecule has 2 aromatic carbocycles. The van der Waals surface area contributed by atoms with Crippen LogP contribution in [-0.2, 0) is 4.79 Å². The van der Waals surface area contributed by atoms with E-state index in [9.17, 15) is 4.79 Å². The number of carbonyl (C=O) groups is 1. The van der Waals surface area contributed by atoms with Gasteiger partial charge in [0.25, 0.3) is 0 Å². The Kier molecular flexibility index (Phi) is 4.94. The zero-order chi connectivity index (χ0) is 20.5. The number of pyridine rings is 1. The third kappa shape index (κ3) is 3.92. The van der Waals surface area contributed by atoms with Gasteiger partial charge < -0.3 is 10.3 Å². The van der Waals surface area contributed by atoms with Gasteiger partial charge in [0.15, 0.2) is 10.8 Å². The monoisotopic (exact) mass is 431 g/mol. The number of benzene rings is 2. The lowest BCUT2D eigenvalue weighted by Gasteiger charge is -2.05. The highest BCUT2D eigenvalue weighted by Crippen LogP contribution is 2.31. The molecule has 0 aliphatic carbocycles. The Balaban J connectivity index is 1.23. The largest absolute Gasteiger partial charge is 0.332 e. The molecule has 5 rings (SSSR count). The Bertz CT molecular complexity index is 1320. The molecule has 0 saturated heterocycles. The average molecular weight is 432 g/mol. The van der Waals surface area contributed by atoms with Crippen LogP contribution in [0.5, 0.6) is 0 Å². The van der Waals surface area contributed by atoms with Gasteiger partial charge in [0.05, 0.1) is 21.5 Å². The first-order valence-electron chi connectivity index (χ1n) is 9.35. The van der Waals surface area contributed by atoms with Gasteiger partial charge in [0.2, 0.25) is 5.91 Å². The van der Waals surface area contributed by atoms with Crippen LogP contribution in [0.15, 0.2) is 66.0 Å². The van der Waals surface area contributed by atoms with E-state index in [1.54, 1.807) is 17.5 Å². The summed E-state index contributed by atoms with van der Waals surface area (Å²) in [5.41, 5.74) is 5.55. The Morgan fingerprint density at radius 2 is 2.00 bits per heavy atom. The number of rotatable bonds is 5. The highest BCUT2D eigenvalue weighted by atomic mass is 32.2. The molecule has 0 radical (unpaired) electrons. The van der Waals surface area contributed by atoms with Crippen molar-refractivity contribution in [2.75, 3.05) is 11.1 Å². The van der Waals surface area contributed by atoms with Crippen LogP contribution in [0, 0.1) is 6.92 Å². The highest BCUT2D eigenvalue weighted by molar-refractivity contribution is 7.99. The number of aromatic nitrogens is 4. The molecular formula is C22H17N5OS2. The van der Waals surface area contributed by atoms with Gasteiger partial charge in [-0.15, -0.1) is 11.3 Å². The number of anilines is 1. The number of H-pyrrole nitrogens is 1. The number of thioether (sulfide) groups is 1. The van der Waals surface area contributed by atoms with Crippen LogP contribution < -0.4 is 5.32 Å². The van der Waals surface area contributed by atoms with Gasteiger partial charge in [0.1, 0.15) is 5.01 Å². The highest BCUT2D eigenvalue weighted by Gasteiger charge is 2.10. The van der Waals surface area contributed by atoms with Crippen LogP contribution in [0.2, 0.25) is 0 Å². The van der Waals surface area contributed by atoms with Crippen LogP contribution in [0.25, 0.3) is 32.0 Å². The molecule has 0 bridgehead atoms. The van der Waals surface area contributed by atoms with Crippen molar-refractivity contribution in [3.05, 3.63) is 66.4 Å². The minimum atomic E-state index is -0.0865. The molecule has 0 saturated carbocycles. The number of carbonyl (C=O) groups excluding carboxylic acids is 1. The molecule has 0 spiro atoms. The second-order valence-electron chi connectivity index (χ2n) is 6.82. The molecule has 0 fully saturated rings. The van der Waals surface area contributed by atoms with Gasteiger partial charge in [-0.3, -0.25) is 4.79 Å². The molecule has 3 aromatic heterocycles. The molecular weight excluding hydrogens is 414 g/mol. The smallest absolute Gasteiger partial charge is 0.234 e. The second-order valence-corrected chi connectivity index (χ2v) is 8.82. The van der Waals surface area contributed by atoms with E-state index in [1.807, 2.05) is 36.4 Å². The van der Waals surface area contributed by atoms with E-state index in [0.717, 1.165) is 27.3 Å². The lowest BCUT2D eigenvalue weighted by molar-refractivity contribution is -0.113. The Morgan fingerprint density at radius 3 is 2.83 bits per heavy atom. The van der Waals surface area contributed by atoms with Crippen LogP contribution in [0.3, 0.4) is 0 Å². The molecule has 3 heterocycles. The number of hydrogen-bond acceptors (Lipinski definition) is 6. The zero-order valence-electron chi connectivity index (χ0n) is 16.0. The van der Waals surface area contributed by atoms with E-state index in [4.69, 9.17) is 4.98 Å². The topological polar surface area (TPSA) is 83.6 Å². The molecule has 5 aromatic rings.